The average Bonchev–Trinajstić information content (AvgIpc) is 2.18. The maximum Gasteiger partial charge on any atom is 0.0408 e. The van der Waals surface area contributed by atoms with Gasteiger partial charge in [0.25, 0.3) is 0 Å². The fraction of sp³-hybridized carbons (Fsp3) is 0.455. The number of benzene rings is 1. The molecule has 0 bridgehead atoms. The predicted molar refractivity (Wildman–Crippen MR) is 63.5 cm³/mol. The van der Waals surface area contributed by atoms with Gasteiger partial charge < -0.3 is 5.32 Å². The van der Waals surface area contributed by atoms with Crippen molar-refractivity contribution in [1.82, 2.24) is 5.32 Å². The molecule has 0 saturated heterocycles. The predicted octanol–water partition coefficient (Wildman–Crippen LogP) is 3.27. The van der Waals surface area contributed by atoms with Gasteiger partial charge in [0.05, 0.1) is 0 Å². The third kappa shape index (κ3) is 3.87. The number of hydrogen-bond acceptors (Lipinski definition) is 1. The van der Waals surface area contributed by atoms with Crippen molar-refractivity contribution in [2.75, 3.05) is 19.0 Å². The van der Waals surface area contributed by atoms with Gasteiger partial charge in [0, 0.05) is 24.0 Å². The van der Waals surface area contributed by atoms with Crippen molar-refractivity contribution in [2.45, 2.75) is 12.8 Å². The van der Waals surface area contributed by atoms with Crippen LogP contribution in [0.2, 0.25) is 5.02 Å². The molecule has 0 radical (unpaired) electrons. The van der Waals surface area contributed by atoms with E-state index in [-0.39, 0.29) is 0 Å². The summed E-state index contributed by atoms with van der Waals surface area (Å²) in [7, 11) is 0. The van der Waals surface area contributed by atoms with Gasteiger partial charge in [0.1, 0.15) is 0 Å². The molecule has 1 aromatic rings. The monoisotopic (exact) mass is 231 g/mol. The smallest absolute Gasteiger partial charge is 0.0408 e. The zero-order valence-corrected chi connectivity index (χ0v) is 9.78. The lowest BCUT2D eigenvalue weighted by Gasteiger charge is -2.12. The molecule has 14 heavy (non-hydrogen) atoms. The molecule has 0 heterocycles. The molecule has 0 aliphatic rings. The zero-order valence-electron chi connectivity index (χ0n) is 8.26. The summed E-state index contributed by atoms with van der Waals surface area (Å²) >= 11 is 11.5. The molecule has 0 saturated carbocycles. The van der Waals surface area contributed by atoms with Crippen molar-refractivity contribution < 1.29 is 0 Å². The third-order valence-corrected chi connectivity index (χ3v) is 2.56. The fourth-order valence-electron chi connectivity index (χ4n) is 1.32. The van der Waals surface area contributed by atoms with Crippen LogP contribution in [0.15, 0.2) is 24.3 Å². The molecule has 1 aromatic carbocycles. The molecule has 0 aromatic heterocycles. The molecule has 78 valence electrons. The molecular formula is C11H15Cl2N. The van der Waals surface area contributed by atoms with Crippen molar-refractivity contribution in [2.24, 2.45) is 0 Å². The van der Waals surface area contributed by atoms with Crippen LogP contribution < -0.4 is 5.32 Å². The lowest BCUT2D eigenvalue weighted by molar-refractivity contribution is 0.637. The van der Waals surface area contributed by atoms with Crippen LogP contribution in [0, 0.1) is 0 Å². The van der Waals surface area contributed by atoms with Crippen LogP contribution in [-0.4, -0.2) is 19.0 Å². The molecule has 0 fully saturated rings. The minimum absolute atomic E-state index is 0.469. The molecule has 1 nitrogen and oxygen atoms in total. The van der Waals surface area contributed by atoms with Gasteiger partial charge in [-0.05, 0) is 23.6 Å². The maximum absolute atomic E-state index is 5.91. The first-order valence-corrected chi connectivity index (χ1v) is 5.67. The van der Waals surface area contributed by atoms with Crippen molar-refractivity contribution in [1.29, 1.82) is 0 Å². The highest BCUT2D eigenvalue weighted by molar-refractivity contribution is 6.30. The van der Waals surface area contributed by atoms with E-state index >= 15 is 0 Å². The van der Waals surface area contributed by atoms with E-state index in [4.69, 9.17) is 23.2 Å². The van der Waals surface area contributed by atoms with Crippen molar-refractivity contribution >= 4 is 23.2 Å². The molecule has 0 aliphatic heterocycles. The third-order valence-electron chi connectivity index (χ3n) is 2.14. The Morgan fingerprint density at radius 2 is 2.21 bits per heavy atom. The minimum atomic E-state index is 0.469. The van der Waals surface area contributed by atoms with Crippen LogP contribution >= 0.6 is 23.2 Å². The van der Waals surface area contributed by atoms with E-state index in [0.717, 1.165) is 18.1 Å². The van der Waals surface area contributed by atoms with E-state index in [1.807, 2.05) is 18.2 Å². The van der Waals surface area contributed by atoms with Crippen molar-refractivity contribution in [3.05, 3.63) is 34.9 Å². The van der Waals surface area contributed by atoms with Crippen molar-refractivity contribution in [3.8, 4) is 0 Å². The first-order chi connectivity index (χ1) is 6.74. The second-order valence-corrected chi connectivity index (χ2v) is 4.16. The van der Waals surface area contributed by atoms with Crippen molar-refractivity contribution in [3.63, 3.8) is 0 Å². The van der Waals surface area contributed by atoms with E-state index in [1.165, 1.54) is 5.56 Å². The molecule has 1 atom stereocenters. The van der Waals surface area contributed by atoms with Gasteiger partial charge in [0.2, 0.25) is 0 Å². The normalized spacial score (nSPS) is 12.8. The van der Waals surface area contributed by atoms with Crippen LogP contribution in [-0.2, 0) is 0 Å². The molecule has 0 amide bonds. The van der Waals surface area contributed by atoms with E-state index in [2.05, 4.69) is 18.3 Å². The quantitative estimate of drug-likeness (QED) is 0.606. The lowest BCUT2D eigenvalue weighted by Crippen LogP contribution is -2.22. The van der Waals surface area contributed by atoms with Gasteiger partial charge in [-0.1, -0.05) is 30.7 Å². The molecule has 0 spiro atoms. The summed E-state index contributed by atoms with van der Waals surface area (Å²) in [6.07, 6.45) is 0. The van der Waals surface area contributed by atoms with Crippen LogP contribution in [0.5, 0.6) is 0 Å². The van der Waals surface area contributed by atoms with Gasteiger partial charge in [-0.25, -0.2) is 0 Å². The number of rotatable bonds is 5. The number of nitrogens with one attached hydrogen (secondary N) is 1. The fourth-order valence-corrected chi connectivity index (χ4v) is 1.65. The standard InChI is InChI=1S/C11H15Cl2N/c1-9(8-14-6-5-12)10-3-2-4-11(13)7-10/h2-4,7,9,14H,5-6,8H2,1H3. The lowest BCUT2D eigenvalue weighted by atomic mass is 10.0. The van der Waals surface area contributed by atoms with E-state index in [1.54, 1.807) is 0 Å². The summed E-state index contributed by atoms with van der Waals surface area (Å²) in [6.45, 7) is 3.96. The summed E-state index contributed by atoms with van der Waals surface area (Å²) < 4.78 is 0. The van der Waals surface area contributed by atoms with E-state index < -0.39 is 0 Å². The number of halogens is 2. The topological polar surface area (TPSA) is 12.0 Å². The molecule has 0 aliphatic carbocycles. The highest BCUT2D eigenvalue weighted by atomic mass is 35.5. The minimum Gasteiger partial charge on any atom is -0.315 e. The van der Waals surface area contributed by atoms with E-state index in [0.29, 0.717) is 11.8 Å². The highest BCUT2D eigenvalue weighted by Gasteiger charge is 2.04. The van der Waals surface area contributed by atoms with Crippen LogP contribution in [0.1, 0.15) is 18.4 Å². The Balaban J connectivity index is 2.47. The van der Waals surface area contributed by atoms with Gasteiger partial charge in [0.15, 0.2) is 0 Å². The highest BCUT2D eigenvalue weighted by Crippen LogP contribution is 2.18. The number of alkyl halides is 1. The Labute approximate surface area is 95.4 Å². The Bertz CT molecular complexity index is 276. The van der Waals surface area contributed by atoms with Crippen LogP contribution in [0.3, 0.4) is 0 Å². The Morgan fingerprint density at radius 1 is 1.43 bits per heavy atom. The second kappa shape index (κ2) is 6.28. The van der Waals surface area contributed by atoms with Gasteiger partial charge in [-0.2, -0.15) is 0 Å². The maximum atomic E-state index is 5.91. The SMILES string of the molecule is CC(CNCCCl)c1cccc(Cl)c1. The Kier molecular flexibility index (Phi) is 5.31. The molecular weight excluding hydrogens is 217 g/mol. The summed E-state index contributed by atoms with van der Waals surface area (Å²) in [5.74, 6) is 1.12. The van der Waals surface area contributed by atoms with E-state index in [9.17, 15) is 0 Å². The first kappa shape index (κ1) is 11.8. The Morgan fingerprint density at radius 3 is 2.86 bits per heavy atom. The number of hydrogen-bond donors (Lipinski definition) is 1. The first-order valence-electron chi connectivity index (χ1n) is 4.76. The largest absolute Gasteiger partial charge is 0.315 e. The van der Waals surface area contributed by atoms with Gasteiger partial charge in [-0.3, -0.25) is 0 Å². The van der Waals surface area contributed by atoms with Crippen LogP contribution in [0.4, 0.5) is 0 Å². The molecule has 1 rings (SSSR count). The molecule has 1 unspecified atom stereocenters. The molecule has 1 N–H and O–H groups in total. The van der Waals surface area contributed by atoms with Gasteiger partial charge in [-0.15, -0.1) is 11.6 Å². The zero-order chi connectivity index (χ0) is 10.4. The Hall–Kier alpha value is -0.240. The average molecular weight is 232 g/mol. The molecule has 3 heteroatoms. The second-order valence-electron chi connectivity index (χ2n) is 3.35. The summed E-state index contributed by atoms with van der Waals surface area (Å²) in [5, 5.41) is 4.08. The summed E-state index contributed by atoms with van der Waals surface area (Å²) in [4.78, 5) is 0. The summed E-state index contributed by atoms with van der Waals surface area (Å²) in [6, 6.07) is 7.98. The van der Waals surface area contributed by atoms with Crippen LogP contribution in [0.25, 0.3) is 0 Å². The summed E-state index contributed by atoms with van der Waals surface area (Å²) in [5.41, 5.74) is 1.26. The van der Waals surface area contributed by atoms with Gasteiger partial charge >= 0.3 is 0 Å².